The van der Waals surface area contributed by atoms with Gasteiger partial charge in [-0.1, -0.05) is 0 Å². The average molecular weight is 322 g/mol. The summed E-state index contributed by atoms with van der Waals surface area (Å²) in [4.78, 5) is 18.4. The second kappa shape index (κ2) is 5.84. The van der Waals surface area contributed by atoms with Gasteiger partial charge < -0.3 is 15.5 Å². The molecule has 0 bridgehead atoms. The standard InChI is InChI=1S/C17H26N2O4/c1-8-14-15(9-5-6-11(20)13(22)7-9)16-10(3-2-4-12(16)21)18-17(14)23-19-8/h8-9,11,13-15,17-20,22H,2-7H2,1H3. The van der Waals surface area contributed by atoms with Gasteiger partial charge in [0.15, 0.2) is 12.0 Å². The third-order valence-corrected chi connectivity index (χ3v) is 6.16. The summed E-state index contributed by atoms with van der Waals surface area (Å²) in [6.07, 6.45) is 3.00. The maximum absolute atomic E-state index is 12.7. The van der Waals surface area contributed by atoms with Crippen LogP contribution in [-0.4, -0.2) is 40.5 Å². The van der Waals surface area contributed by atoms with E-state index in [1.54, 1.807) is 0 Å². The second-order valence-corrected chi connectivity index (χ2v) is 7.57. The van der Waals surface area contributed by atoms with Gasteiger partial charge in [0.05, 0.1) is 12.2 Å². The van der Waals surface area contributed by atoms with Crippen LogP contribution in [0.4, 0.5) is 0 Å². The summed E-state index contributed by atoms with van der Waals surface area (Å²) in [5, 5.41) is 23.4. The van der Waals surface area contributed by atoms with Crippen molar-refractivity contribution in [2.45, 2.75) is 69.9 Å². The van der Waals surface area contributed by atoms with E-state index in [2.05, 4.69) is 17.7 Å². The van der Waals surface area contributed by atoms with Crippen molar-refractivity contribution in [3.63, 3.8) is 0 Å². The SMILES string of the molecule is CC1NOC2NC3=C(C(=O)CCC3)C(C3CCC(O)C(O)C3)C12. The van der Waals surface area contributed by atoms with Gasteiger partial charge in [-0.3, -0.25) is 9.63 Å². The Kier molecular flexibility index (Phi) is 3.96. The zero-order valence-electron chi connectivity index (χ0n) is 13.5. The Morgan fingerprint density at radius 3 is 2.78 bits per heavy atom. The van der Waals surface area contributed by atoms with Crippen LogP contribution in [0.25, 0.3) is 0 Å². The van der Waals surface area contributed by atoms with Gasteiger partial charge in [0, 0.05) is 35.6 Å². The Bertz CT molecular complexity index is 535. The third-order valence-electron chi connectivity index (χ3n) is 6.16. The van der Waals surface area contributed by atoms with Crippen LogP contribution in [0.5, 0.6) is 0 Å². The number of hydroxylamine groups is 1. The van der Waals surface area contributed by atoms with E-state index in [4.69, 9.17) is 4.84 Å². The largest absolute Gasteiger partial charge is 0.390 e. The Morgan fingerprint density at radius 2 is 2.00 bits per heavy atom. The molecule has 0 aromatic heterocycles. The molecular weight excluding hydrogens is 296 g/mol. The highest BCUT2D eigenvalue weighted by atomic mass is 16.7. The molecule has 0 aromatic carbocycles. The summed E-state index contributed by atoms with van der Waals surface area (Å²) in [6.45, 7) is 2.09. The predicted molar refractivity (Wildman–Crippen MR) is 82.8 cm³/mol. The number of hydrogen-bond acceptors (Lipinski definition) is 6. The summed E-state index contributed by atoms with van der Waals surface area (Å²) in [5.41, 5.74) is 5.06. The summed E-state index contributed by atoms with van der Waals surface area (Å²) >= 11 is 0. The lowest BCUT2D eigenvalue weighted by Crippen LogP contribution is -2.51. The third kappa shape index (κ3) is 2.52. The van der Waals surface area contributed by atoms with Crippen LogP contribution in [0.15, 0.2) is 11.3 Å². The van der Waals surface area contributed by atoms with E-state index < -0.39 is 12.2 Å². The zero-order valence-corrected chi connectivity index (χ0v) is 13.5. The molecule has 2 aliphatic carbocycles. The van der Waals surface area contributed by atoms with Gasteiger partial charge in [-0.25, -0.2) is 0 Å². The van der Waals surface area contributed by atoms with Crippen molar-refractivity contribution in [1.29, 1.82) is 0 Å². The summed E-state index contributed by atoms with van der Waals surface area (Å²) in [5.74, 6) is 0.766. The zero-order chi connectivity index (χ0) is 16.1. The number of allylic oxidation sites excluding steroid dienone is 2. The quantitative estimate of drug-likeness (QED) is 0.565. The number of aliphatic hydroxyl groups is 2. The van der Waals surface area contributed by atoms with Crippen molar-refractivity contribution >= 4 is 5.78 Å². The molecule has 6 heteroatoms. The minimum Gasteiger partial charge on any atom is -0.390 e. The normalized spacial score (nSPS) is 47.1. The number of ketones is 1. The highest BCUT2D eigenvalue weighted by molar-refractivity contribution is 5.97. The van der Waals surface area contributed by atoms with Crippen LogP contribution in [0.1, 0.15) is 45.4 Å². The minimum atomic E-state index is -0.685. The maximum Gasteiger partial charge on any atom is 0.160 e. The molecule has 2 fully saturated rings. The fraction of sp³-hybridized carbons (Fsp3) is 0.824. The topological polar surface area (TPSA) is 90.8 Å². The van der Waals surface area contributed by atoms with Gasteiger partial charge in [-0.2, -0.15) is 5.48 Å². The molecule has 2 aliphatic heterocycles. The highest BCUT2D eigenvalue weighted by Crippen LogP contribution is 2.47. The fourth-order valence-corrected chi connectivity index (χ4v) is 5.03. The first-order chi connectivity index (χ1) is 11.1. The summed E-state index contributed by atoms with van der Waals surface area (Å²) in [6, 6.07) is 0.158. The molecule has 0 aromatic rings. The Morgan fingerprint density at radius 1 is 1.17 bits per heavy atom. The smallest absolute Gasteiger partial charge is 0.160 e. The number of fused-ring (bicyclic) bond motifs is 1. The van der Waals surface area contributed by atoms with Crippen LogP contribution in [-0.2, 0) is 9.63 Å². The van der Waals surface area contributed by atoms with E-state index in [0.717, 1.165) is 30.5 Å². The van der Waals surface area contributed by atoms with Crippen LogP contribution in [0.3, 0.4) is 0 Å². The number of hydrogen-bond donors (Lipinski definition) is 4. The van der Waals surface area contributed by atoms with E-state index in [0.29, 0.717) is 19.3 Å². The molecule has 4 aliphatic rings. The molecule has 2 heterocycles. The first kappa shape index (κ1) is 15.6. The molecule has 0 radical (unpaired) electrons. The van der Waals surface area contributed by atoms with Gasteiger partial charge >= 0.3 is 0 Å². The van der Waals surface area contributed by atoms with Gasteiger partial charge in [-0.15, -0.1) is 0 Å². The number of rotatable bonds is 1. The van der Waals surface area contributed by atoms with E-state index in [9.17, 15) is 15.0 Å². The first-order valence-corrected chi connectivity index (χ1v) is 8.86. The number of Topliss-reactive ketones (excluding diaryl/α,β-unsaturated/α-hetero) is 1. The molecule has 6 nitrogen and oxygen atoms in total. The summed E-state index contributed by atoms with van der Waals surface area (Å²) < 4.78 is 0. The van der Waals surface area contributed by atoms with E-state index >= 15 is 0 Å². The van der Waals surface area contributed by atoms with E-state index in [-0.39, 0.29) is 35.8 Å². The van der Waals surface area contributed by atoms with Gasteiger partial charge in [0.2, 0.25) is 0 Å². The maximum atomic E-state index is 12.7. The fourth-order valence-electron chi connectivity index (χ4n) is 5.03. The molecule has 4 N–H and O–H groups in total. The Balaban J connectivity index is 1.71. The van der Waals surface area contributed by atoms with Crippen molar-refractivity contribution < 1.29 is 19.8 Å². The second-order valence-electron chi connectivity index (χ2n) is 7.57. The van der Waals surface area contributed by atoms with E-state index in [1.165, 1.54) is 0 Å². The number of carbonyl (C=O) groups is 1. The molecule has 1 saturated heterocycles. The van der Waals surface area contributed by atoms with Crippen molar-refractivity contribution in [3.05, 3.63) is 11.3 Å². The molecule has 1 saturated carbocycles. The molecular formula is C17H26N2O4. The lowest BCUT2D eigenvalue weighted by Gasteiger charge is -2.45. The van der Waals surface area contributed by atoms with Crippen molar-refractivity contribution in [2.24, 2.45) is 17.8 Å². The van der Waals surface area contributed by atoms with Crippen LogP contribution in [0.2, 0.25) is 0 Å². The monoisotopic (exact) mass is 322 g/mol. The van der Waals surface area contributed by atoms with Crippen LogP contribution in [0, 0.1) is 17.8 Å². The number of nitrogens with one attached hydrogen (secondary N) is 2. The van der Waals surface area contributed by atoms with Crippen molar-refractivity contribution in [3.8, 4) is 0 Å². The highest BCUT2D eigenvalue weighted by Gasteiger charge is 2.51. The van der Waals surface area contributed by atoms with Crippen LogP contribution >= 0.6 is 0 Å². The molecule has 4 rings (SSSR count). The van der Waals surface area contributed by atoms with Crippen molar-refractivity contribution in [1.82, 2.24) is 10.8 Å². The Labute approximate surface area is 136 Å². The molecule has 7 unspecified atom stereocenters. The molecule has 128 valence electrons. The molecule has 7 atom stereocenters. The number of aliphatic hydroxyl groups excluding tert-OH is 2. The van der Waals surface area contributed by atoms with Crippen molar-refractivity contribution in [2.75, 3.05) is 0 Å². The van der Waals surface area contributed by atoms with Gasteiger partial charge in [0.1, 0.15) is 0 Å². The first-order valence-electron chi connectivity index (χ1n) is 8.86. The van der Waals surface area contributed by atoms with Crippen LogP contribution < -0.4 is 10.8 Å². The minimum absolute atomic E-state index is 0.108. The summed E-state index contributed by atoms with van der Waals surface area (Å²) in [7, 11) is 0. The van der Waals surface area contributed by atoms with Gasteiger partial charge in [0.25, 0.3) is 0 Å². The van der Waals surface area contributed by atoms with Gasteiger partial charge in [-0.05, 0) is 44.9 Å². The lowest BCUT2D eigenvalue weighted by atomic mass is 9.63. The molecule has 0 amide bonds. The number of carbonyl (C=O) groups excluding carboxylic acids is 1. The Hall–Kier alpha value is -0.950. The predicted octanol–water partition coefficient (Wildman–Crippen LogP) is 0.600. The lowest BCUT2D eigenvalue weighted by molar-refractivity contribution is -0.118. The molecule has 0 spiro atoms. The molecule has 23 heavy (non-hydrogen) atoms. The van der Waals surface area contributed by atoms with E-state index in [1.807, 2.05) is 0 Å². The average Bonchev–Trinajstić information content (AvgIpc) is 2.90.